The lowest BCUT2D eigenvalue weighted by Gasteiger charge is -2.25. The average molecular weight is 348 g/mol. The fourth-order valence-electron chi connectivity index (χ4n) is 2.04. The lowest BCUT2D eigenvalue weighted by atomic mass is 10.4. The Morgan fingerprint density at radius 1 is 1.29 bits per heavy atom. The molecule has 0 spiro atoms. The van der Waals surface area contributed by atoms with Gasteiger partial charge in [-0.05, 0) is 18.2 Å². The van der Waals surface area contributed by atoms with Crippen LogP contribution in [0.15, 0.2) is 34.3 Å². The smallest absolute Gasteiger partial charge is 0.289 e. The van der Waals surface area contributed by atoms with Gasteiger partial charge < -0.3 is 14.1 Å². The van der Waals surface area contributed by atoms with Gasteiger partial charge in [-0.1, -0.05) is 0 Å². The lowest BCUT2D eigenvalue weighted by Crippen LogP contribution is -2.41. The largest absolute Gasteiger partial charge is 0.465 e. The van der Waals surface area contributed by atoms with Crippen LogP contribution in [0.2, 0.25) is 0 Å². The number of furan rings is 1. The molecule has 0 aliphatic carbocycles. The van der Waals surface area contributed by atoms with E-state index in [4.69, 9.17) is 9.15 Å². The third-order valence-corrected chi connectivity index (χ3v) is 4.15. The first-order valence-corrected chi connectivity index (χ1v) is 8.20. The standard InChI is InChI=1S/C15H16N4O4S/c20-13(4-3-11-2-1-7-23-11)17-18-14(21)12-10-24-15(16-12)19-5-8-22-9-6-19/h1-4,7,10H,5-6,8-9H2,(H,17,20)(H,18,21)/b4-3+. The molecule has 1 fully saturated rings. The van der Waals surface area contributed by atoms with Gasteiger partial charge in [0.2, 0.25) is 0 Å². The topological polar surface area (TPSA) is 96.7 Å². The SMILES string of the molecule is O=C(/C=C/c1ccco1)NNC(=O)c1csc(N2CCOCC2)n1. The summed E-state index contributed by atoms with van der Waals surface area (Å²) in [5, 5.41) is 2.43. The Morgan fingerprint density at radius 3 is 2.88 bits per heavy atom. The van der Waals surface area contributed by atoms with Crippen molar-refractivity contribution in [3.8, 4) is 0 Å². The molecule has 0 atom stereocenters. The highest BCUT2D eigenvalue weighted by atomic mass is 32.1. The molecule has 0 unspecified atom stereocenters. The van der Waals surface area contributed by atoms with Crippen molar-refractivity contribution in [2.24, 2.45) is 0 Å². The number of thiazole rings is 1. The van der Waals surface area contributed by atoms with Crippen molar-refractivity contribution in [1.29, 1.82) is 0 Å². The molecule has 24 heavy (non-hydrogen) atoms. The fourth-order valence-corrected chi connectivity index (χ4v) is 2.90. The maximum Gasteiger partial charge on any atom is 0.289 e. The van der Waals surface area contributed by atoms with Gasteiger partial charge in [0.1, 0.15) is 11.5 Å². The van der Waals surface area contributed by atoms with E-state index in [1.807, 2.05) is 0 Å². The molecule has 126 valence electrons. The maximum absolute atomic E-state index is 12.0. The number of hydrogen-bond acceptors (Lipinski definition) is 7. The van der Waals surface area contributed by atoms with E-state index in [2.05, 4.69) is 20.7 Å². The molecule has 2 amide bonds. The van der Waals surface area contributed by atoms with Crippen molar-refractivity contribution in [3.05, 3.63) is 41.3 Å². The third-order valence-electron chi connectivity index (χ3n) is 3.25. The monoisotopic (exact) mass is 348 g/mol. The van der Waals surface area contributed by atoms with Crippen LogP contribution in [-0.4, -0.2) is 43.1 Å². The minimum Gasteiger partial charge on any atom is -0.465 e. The number of hydrazine groups is 1. The van der Waals surface area contributed by atoms with Crippen LogP contribution in [-0.2, 0) is 9.53 Å². The average Bonchev–Trinajstić information content (AvgIpc) is 3.30. The molecule has 2 aromatic heterocycles. The van der Waals surface area contributed by atoms with Crippen LogP contribution in [0.1, 0.15) is 16.2 Å². The van der Waals surface area contributed by atoms with Gasteiger partial charge in [-0.2, -0.15) is 0 Å². The van der Waals surface area contributed by atoms with Crippen molar-refractivity contribution in [2.75, 3.05) is 31.2 Å². The second-order valence-corrected chi connectivity index (χ2v) is 5.74. The number of nitrogens with one attached hydrogen (secondary N) is 2. The highest BCUT2D eigenvalue weighted by Crippen LogP contribution is 2.21. The van der Waals surface area contributed by atoms with Gasteiger partial charge in [0, 0.05) is 24.5 Å². The number of amides is 2. The summed E-state index contributed by atoms with van der Waals surface area (Å²) in [6, 6.07) is 3.43. The summed E-state index contributed by atoms with van der Waals surface area (Å²) in [4.78, 5) is 30.0. The summed E-state index contributed by atoms with van der Waals surface area (Å²) in [6.45, 7) is 2.81. The number of carbonyl (C=O) groups excluding carboxylic acids is 2. The predicted molar refractivity (Wildman–Crippen MR) is 88.5 cm³/mol. The highest BCUT2D eigenvalue weighted by molar-refractivity contribution is 7.13. The molecule has 2 N–H and O–H groups in total. The number of anilines is 1. The fraction of sp³-hybridized carbons (Fsp3) is 0.267. The van der Waals surface area contributed by atoms with Gasteiger partial charge in [0.05, 0.1) is 19.5 Å². The Kier molecular flexibility index (Phi) is 5.24. The summed E-state index contributed by atoms with van der Waals surface area (Å²) in [5.41, 5.74) is 4.88. The zero-order valence-electron chi connectivity index (χ0n) is 12.7. The normalized spacial score (nSPS) is 14.8. The molecule has 3 heterocycles. The zero-order valence-corrected chi connectivity index (χ0v) is 13.5. The number of hydrogen-bond donors (Lipinski definition) is 2. The highest BCUT2D eigenvalue weighted by Gasteiger charge is 2.17. The van der Waals surface area contributed by atoms with Crippen LogP contribution in [0.25, 0.3) is 6.08 Å². The molecular formula is C15H16N4O4S. The maximum atomic E-state index is 12.0. The molecule has 0 aromatic carbocycles. The Balaban J connectivity index is 1.49. The molecule has 1 aliphatic rings. The minimum absolute atomic E-state index is 0.261. The molecule has 1 aliphatic heterocycles. The number of ether oxygens (including phenoxy) is 1. The summed E-state index contributed by atoms with van der Waals surface area (Å²) < 4.78 is 10.3. The summed E-state index contributed by atoms with van der Waals surface area (Å²) in [7, 11) is 0. The molecular weight excluding hydrogens is 332 g/mol. The van der Waals surface area contributed by atoms with E-state index in [1.54, 1.807) is 17.5 Å². The Morgan fingerprint density at radius 2 is 2.12 bits per heavy atom. The van der Waals surface area contributed by atoms with Crippen molar-refractivity contribution >= 4 is 34.4 Å². The van der Waals surface area contributed by atoms with Gasteiger partial charge in [0.15, 0.2) is 5.13 Å². The van der Waals surface area contributed by atoms with E-state index < -0.39 is 11.8 Å². The molecule has 0 radical (unpaired) electrons. The first-order chi connectivity index (χ1) is 11.7. The van der Waals surface area contributed by atoms with E-state index in [0.29, 0.717) is 19.0 Å². The minimum atomic E-state index is -0.469. The van der Waals surface area contributed by atoms with Crippen LogP contribution in [0.4, 0.5) is 5.13 Å². The Bertz CT molecular complexity index is 720. The molecule has 8 nitrogen and oxygen atoms in total. The third kappa shape index (κ3) is 4.21. The zero-order chi connectivity index (χ0) is 16.8. The van der Waals surface area contributed by atoms with Crippen LogP contribution in [0.3, 0.4) is 0 Å². The van der Waals surface area contributed by atoms with Gasteiger partial charge in [-0.15, -0.1) is 11.3 Å². The number of nitrogens with zero attached hydrogens (tertiary/aromatic N) is 2. The summed E-state index contributed by atoms with van der Waals surface area (Å²) >= 11 is 1.39. The molecule has 0 bridgehead atoms. The number of aromatic nitrogens is 1. The molecule has 2 aromatic rings. The summed E-state index contributed by atoms with van der Waals surface area (Å²) in [5.74, 6) is -0.389. The molecule has 9 heteroatoms. The quantitative estimate of drug-likeness (QED) is 0.633. The number of carbonyl (C=O) groups is 2. The number of morpholine rings is 1. The first-order valence-electron chi connectivity index (χ1n) is 7.32. The van der Waals surface area contributed by atoms with E-state index in [-0.39, 0.29) is 5.69 Å². The molecule has 1 saturated heterocycles. The Labute approximate surface area is 142 Å². The predicted octanol–water partition coefficient (Wildman–Crippen LogP) is 1.05. The van der Waals surface area contributed by atoms with Gasteiger partial charge >= 0.3 is 0 Å². The first kappa shape index (κ1) is 16.2. The van der Waals surface area contributed by atoms with Crippen LogP contribution in [0, 0.1) is 0 Å². The van der Waals surface area contributed by atoms with Crippen LogP contribution >= 0.6 is 11.3 Å². The van der Waals surface area contributed by atoms with E-state index in [9.17, 15) is 9.59 Å². The van der Waals surface area contributed by atoms with Crippen molar-refractivity contribution < 1.29 is 18.7 Å². The van der Waals surface area contributed by atoms with E-state index >= 15 is 0 Å². The van der Waals surface area contributed by atoms with E-state index in [1.165, 1.54) is 29.8 Å². The van der Waals surface area contributed by atoms with Crippen molar-refractivity contribution in [3.63, 3.8) is 0 Å². The van der Waals surface area contributed by atoms with Gasteiger partial charge in [0.25, 0.3) is 11.8 Å². The second-order valence-electron chi connectivity index (χ2n) is 4.91. The second kappa shape index (κ2) is 7.75. The van der Waals surface area contributed by atoms with Crippen molar-refractivity contribution in [2.45, 2.75) is 0 Å². The molecule has 3 rings (SSSR count). The van der Waals surface area contributed by atoms with Crippen LogP contribution in [0.5, 0.6) is 0 Å². The van der Waals surface area contributed by atoms with E-state index in [0.717, 1.165) is 18.2 Å². The Hall–Kier alpha value is -2.65. The lowest BCUT2D eigenvalue weighted by molar-refractivity contribution is -0.117. The molecule has 0 saturated carbocycles. The van der Waals surface area contributed by atoms with Crippen molar-refractivity contribution in [1.82, 2.24) is 15.8 Å². The number of rotatable bonds is 4. The van der Waals surface area contributed by atoms with Crippen LogP contribution < -0.4 is 15.8 Å². The summed E-state index contributed by atoms with van der Waals surface area (Å²) in [6.07, 6.45) is 4.27. The van der Waals surface area contributed by atoms with Gasteiger partial charge in [-0.3, -0.25) is 20.4 Å². The van der Waals surface area contributed by atoms with Gasteiger partial charge in [-0.25, -0.2) is 4.98 Å².